The molecule has 1 N–H and O–H groups in total. The van der Waals surface area contributed by atoms with Crippen molar-refractivity contribution in [3.8, 4) is 0 Å². The summed E-state index contributed by atoms with van der Waals surface area (Å²) in [6.07, 6.45) is 1.61. The normalized spacial score (nSPS) is 56.3. The topological polar surface area (TPSA) is 71.4 Å². The number of aliphatic hydroxyl groups is 1. The zero-order valence-electron chi connectivity index (χ0n) is 11.6. The van der Waals surface area contributed by atoms with Gasteiger partial charge >= 0.3 is 0 Å². The Morgan fingerprint density at radius 1 is 1.32 bits per heavy atom. The van der Waals surface area contributed by atoms with Crippen molar-refractivity contribution >= 4 is 17.9 Å². The summed E-state index contributed by atoms with van der Waals surface area (Å²) in [6, 6.07) is 0. The molecule has 0 aromatic rings. The highest BCUT2D eigenvalue weighted by molar-refractivity contribution is 5.99. The molecule has 0 radical (unpaired) electrons. The van der Waals surface area contributed by atoms with Crippen molar-refractivity contribution in [1.82, 2.24) is 0 Å². The predicted octanol–water partition coefficient (Wildman–Crippen LogP) is 1.15. The van der Waals surface area contributed by atoms with Crippen molar-refractivity contribution in [2.75, 3.05) is 0 Å². The third-order valence-corrected chi connectivity index (χ3v) is 6.52. The smallest absolute Gasteiger partial charge is 0.165 e. The molecule has 3 rings (SSSR count). The van der Waals surface area contributed by atoms with Gasteiger partial charge in [-0.15, -0.1) is 0 Å². The first-order chi connectivity index (χ1) is 8.71. The second-order valence-corrected chi connectivity index (χ2v) is 7.19. The molecule has 3 saturated carbocycles. The second-order valence-electron chi connectivity index (χ2n) is 7.19. The molecule has 4 heteroatoms. The maximum Gasteiger partial charge on any atom is 0.165 e. The molecule has 3 aliphatic carbocycles. The third kappa shape index (κ3) is 1.13. The number of ketones is 2. The van der Waals surface area contributed by atoms with Gasteiger partial charge in [0.15, 0.2) is 5.78 Å². The Balaban J connectivity index is 2.22. The molecule has 0 aromatic carbocycles. The van der Waals surface area contributed by atoms with Crippen LogP contribution in [0.2, 0.25) is 0 Å². The Morgan fingerprint density at radius 2 is 1.95 bits per heavy atom. The number of hydrogen-bond acceptors (Lipinski definition) is 4. The molecule has 19 heavy (non-hydrogen) atoms. The molecule has 104 valence electrons. The zero-order valence-corrected chi connectivity index (χ0v) is 11.6. The summed E-state index contributed by atoms with van der Waals surface area (Å²) in [5.74, 6) is -0.152. The fraction of sp³-hybridized carbons (Fsp3) is 0.800. The zero-order chi connectivity index (χ0) is 14.2. The number of rotatable bonds is 1. The van der Waals surface area contributed by atoms with Gasteiger partial charge in [0.25, 0.3) is 0 Å². The van der Waals surface area contributed by atoms with E-state index in [0.717, 1.165) is 0 Å². The molecule has 6 atom stereocenters. The van der Waals surface area contributed by atoms with Crippen LogP contribution < -0.4 is 0 Å². The number of hydrogen-bond donors (Lipinski definition) is 1. The molecule has 2 bridgehead atoms. The molecule has 0 aliphatic heterocycles. The van der Waals surface area contributed by atoms with Gasteiger partial charge in [-0.1, -0.05) is 13.8 Å². The van der Waals surface area contributed by atoms with Crippen LogP contribution in [0, 0.1) is 28.6 Å². The summed E-state index contributed by atoms with van der Waals surface area (Å²) in [5, 5.41) is 10.8. The Hall–Kier alpha value is -1.03. The van der Waals surface area contributed by atoms with Crippen molar-refractivity contribution < 1.29 is 19.5 Å². The van der Waals surface area contributed by atoms with Crippen molar-refractivity contribution in [3.63, 3.8) is 0 Å². The van der Waals surface area contributed by atoms with Crippen LogP contribution in [0.3, 0.4) is 0 Å². The Labute approximate surface area is 112 Å². The molecule has 3 aliphatic rings. The van der Waals surface area contributed by atoms with Crippen LogP contribution in [0.15, 0.2) is 0 Å². The number of aldehydes is 1. The van der Waals surface area contributed by atoms with Crippen molar-refractivity contribution in [3.05, 3.63) is 0 Å². The van der Waals surface area contributed by atoms with Crippen LogP contribution in [-0.4, -0.2) is 28.6 Å². The molecule has 0 saturated heterocycles. The van der Waals surface area contributed by atoms with Crippen LogP contribution >= 0.6 is 0 Å². The van der Waals surface area contributed by atoms with Gasteiger partial charge in [-0.3, -0.25) is 9.59 Å². The number of fused-ring (bicyclic) bond motifs is 4. The standard InChI is InChI=1S/C15H20O4/c1-8-4-10(17)12-9(8)5-15(19)11(18)6-13(12,2)14(15,3)7-16/h7-9,12,19H,4-6H2,1-3H3/t8-,9-,12-,13-,14+,15+/m0/s1. The lowest BCUT2D eigenvalue weighted by Crippen LogP contribution is -2.61. The van der Waals surface area contributed by atoms with Crippen LogP contribution in [-0.2, 0) is 14.4 Å². The minimum absolute atomic E-state index is 0.0296. The highest BCUT2D eigenvalue weighted by Gasteiger charge is 2.76. The van der Waals surface area contributed by atoms with E-state index in [1.807, 2.05) is 13.8 Å². The highest BCUT2D eigenvalue weighted by Crippen LogP contribution is 2.69. The number of carbonyl (C=O) groups is 3. The van der Waals surface area contributed by atoms with Crippen LogP contribution in [0.4, 0.5) is 0 Å². The average Bonchev–Trinajstić information content (AvgIpc) is 2.63. The molecule has 3 fully saturated rings. The fourth-order valence-corrected chi connectivity index (χ4v) is 5.07. The van der Waals surface area contributed by atoms with E-state index in [1.165, 1.54) is 0 Å². The first-order valence-electron chi connectivity index (χ1n) is 6.96. The summed E-state index contributed by atoms with van der Waals surface area (Å²) in [4.78, 5) is 36.3. The van der Waals surface area contributed by atoms with E-state index in [-0.39, 0.29) is 42.2 Å². The summed E-state index contributed by atoms with van der Waals surface area (Å²) in [5.41, 5.74) is -3.45. The van der Waals surface area contributed by atoms with Crippen LogP contribution in [0.25, 0.3) is 0 Å². The largest absolute Gasteiger partial charge is 0.381 e. The van der Waals surface area contributed by atoms with Crippen molar-refractivity contribution in [2.24, 2.45) is 28.6 Å². The summed E-state index contributed by atoms with van der Waals surface area (Å²) in [7, 11) is 0. The van der Waals surface area contributed by atoms with Gasteiger partial charge in [-0.2, -0.15) is 0 Å². The van der Waals surface area contributed by atoms with Crippen LogP contribution in [0.1, 0.15) is 40.0 Å². The van der Waals surface area contributed by atoms with Gasteiger partial charge < -0.3 is 9.90 Å². The lowest BCUT2D eigenvalue weighted by atomic mass is 9.49. The van der Waals surface area contributed by atoms with Crippen molar-refractivity contribution in [1.29, 1.82) is 0 Å². The molecular formula is C15H20O4. The fourth-order valence-electron chi connectivity index (χ4n) is 5.07. The Kier molecular flexibility index (Phi) is 2.28. The number of Topliss-reactive ketones (excluding diaryl/α,β-unsaturated/α-hetero) is 2. The SMILES string of the molecule is C[C@H]1CC(=O)[C@@H]2[C@H]1C[C@@]1(O)C(=O)C[C@]2(C)[C@@]1(C)C=O. The van der Waals surface area contributed by atoms with E-state index >= 15 is 0 Å². The van der Waals surface area contributed by atoms with E-state index < -0.39 is 16.4 Å². The average molecular weight is 264 g/mol. The first-order valence-corrected chi connectivity index (χ1v) is 6.96. The van der Waals surface area contributed by atoms with E-state index in [0.29, 0.717) is 12.7 Å². The Bertz CT molecular complexity index is 498. The molecule has 0 spiro atoms. The molecule has 0 heterocycles. The van der Waals surface area contributed by atoms with E-state index in [2.05, 4.69) is 0 Å². The second kappa shape index (κ2) is 3.35. The maximum atomic E-state index is 12.3. The van der Waals surface area contributed by atoms with Gasteiger partial charge in [0.05, 0.1) is 5.41 Å². The van der Waals surface area contributed by atoms with Gasteiger partial charge in [0, 0.05) is 18.8 Å². The maximum absolute atomic E-state index is 12.3. The van der Waals surface area contributed by atoms with Gasteiger partial charge in [0.2, 0.25) is 0 Å². The molecule has 0 amide bonds. The molecule has 0 aromatic heterocycles. The van der Waals surface area contributed by atoms with Gasteiger partial charge in [-0.25, -0.2) is 0 Å². The molecule has 4 nitrogen and oxygen atoms in total. The molecular weight excluding hydrogens is 244 g/mol. The third-order valence-electron chi connectivity index (χ3n) is 6.52. The van der Waals surface area contributed by atoms with E-state index in [4.69, 9.17) is 0 Å². The predicted molar refractivity (Wildman–Crippen MR) is 67.2 cm³/mol. The number of carbonyl (C=O) groups excluding carboxylic acids is 3. The lowest BCUT2D eigenvalue weighted by Gasteiger charge is -2.53. The van der Waals surface area contributed by atoms with Crippen molar-refractivity contribution in [2.45, 2.75) is 45.6 Å². The lowest BCUT2D eigenvalue weighted by molar-refractivity contribution is -0.177. The van der Waals surface area contributed by atoms with Gasteiger partial charge in [-0.05, 0) is 30.6 Å². The van der Waals surface area contributed by atoms with E-state index in [1.54, 1.807) is 6.92 Å². The quantitative estimate of drug-likeness (QED) is 0.721. The summed E-state index contributed by atoms with van der Waals surface area (Å²) in [6.45, 7) is 5.49. The minimum atomic E-state index is -1.58. The highest BCUT2D eigenvalue weighted by atomic mass is 16.3. The van der Waals surface area contributed by atoms with Crippen LogP contribution in [0.5, 0.6) is 0 Å². The van der Waals surface area contributed by atoms with Gasteiger partial charge in [0.1, 0.15) is 17.7 Å². The molecule has 0 unspecified atom stereocenters. The van der Waals surface area contributed by atoms with E-state index in [9.17, 15) is 19.5 Å². The summed E-state index contributed by atoms with van der Waals surface area (Å²) < 4.78 is 0. The monoisotopic (exact) mass is 264 g/mol. The summed E-state index contributed by atoms with van der Waals surface area (Å²) >= 11 is 0. The Morgan fingerprint density at radius 3 is 2.53 bits per heavy atom. The first kappa shape index (κ1) is 13.0. The minimum Gasteiger partial charge on any atom is -0.381 e.